The van der Waals surface area contributed by atoms with Gasteiger partial charge in [-0.3, -0.25) is 24.1 Å². The van der Waals surface area contributed by atoms with Crippen molar-refractivity contribution in [2.75, 3.05) is 5.32 Å². The maximum Gasteiger partial charge on any atom is 0.294 e. The Balaban J connectivity index is 1.43. The Hall–Kier alpha value is -4.64. The summed E-state index contributed by atoms with van der Waals surface area (Å²) in [6.45, 7) is 1.59. The molecule has 0 saturated carbocycles. The molecule has 0 bridgehead atoms. The van der Waals surface area contributed by atoms with Crippen LogP contribution >= 0.6 is 11.3 Å². The van der Waals surface area contributed by atoms with Crippen LogP contribution in [0.1, 0.15) is 16.2 Å². The molecular weight excluding hydrogens is 456 g/mol. The van der Waals surface area contributed by atoms with Gasteiger partial charge in [0.05, 0.1) is 10.6 Å². The van der Waals surface area contributed by atoms with E-state index in [1.54, 1.807) is 25.1 Å². The normalized spacial score (nSPS) is 11.0. The Morgan fingerprint density at radius 2 is 1.91 bits per heavy atom. The molecule has 0 saturated heterocycles. The summed E-state index contributed by atoms with van der Waals surface area (Å²) in [6, 6.07) is 14.3. The number of rotatable bonds is 5. The lowest BCUT2D eigenvalue weighted by molar-refractivity contribution is -0.384. The maximum absolute atomic E-state index is 12.9. The summed E-state index contributed by atoms with van der Waals surface area (Å²) < 4.78 is 3.16. The van der Waals surface area contributed by atoms with Gasteiger partial charge in [0.25, 0.3) is 11.6 Å². The SMILES string of the molecule is Cc1cc(=O)c(C(=O)Nc2ccc(-c3cn4ccsc4n3)cc2)nn1-c1ccccc1[N+](=O)[O-]. The molecular formula is C23H16N6O4S. The van der Waals surface area contributed by atoms with Gasteiger partial charge in [0.2, 0.25) is 5.43 Å². The van der Waals surface area contributed by atoms with Crippen LogP contribution in [0, 0.1) is 17.0 Å². The third kappa shape index (κ3) is 3.84. The average molecular weight is 472 g/mol. The van der Waals surface area contributed by atoms with E-state index in [2.05, 4.69) is 15.4 Å². The number of hydrogen-bond acceptors (Lipinski definition) is 7. The number of nitro benzene ring substituents is 1. The molecule has 168 valence electrons. The molecule has 5 rings (SSSR count). The molecule has 34 heavy (non-hydrogen) atoms. The van der Waals surface area contributed by atoms with Gasteiger partial charge in [-0.1, -0.05) is 24.3 Å². The van der Waals surface area contributed by atoms with Crippen molar-refractivity contribution in [1.82, 2.24) is 19.2 Å². The molecule has 0 radical (unpaired) electrons. The van der Waals surface area contributed by atoms with E-state index in [1.165, 1.54) is 40.3 Å². The predicted molar refractivity (Wildman–Crippen MR) is 128 cm³/mol. The second-order valence-electron chi connectivity index (χ2n) is 7.41. The number of aromatic nitrogens is 4. The van der Waals surface area contributed by atoms with Crippen LogP contribution in [-0.2, 0) is 0 Å². The van der Waals surface area contributed by atoms with Crippen LogP contribution in [0.4, 0.5) is 11.4 Å². The van der Waals surface area contributed by atoms with Crippen LogP contribution < -0.4 is 10.7 Å². The summed E-state index contributed by atoms with van der Waals surface area (Å²) in [6.07, 6.45) is 3.84. The maximum atomic E-state index is 12.9. The van der Waals surface area contributed by atoms with Crippen LogP contribution in [-0.4, -0.2) is 30.0 Å². The van der Waals surface area contributed by atoms with Gasteiger partial charge in [-0.15, -0.1) is 11.3 Å². The Kier molecular flexibility index (Phi) is 5.22. The molecule has 0 aliphatic heterocycles. The Labute approximate surface area is 195 Å². The number of carbonyl (C=O) groups excluding carboxylic acids is 1. The van der Waals surface area contributed by atoms with Crippen molar-refractivity contribution < 1.29 is 9.72 Å². The first-order chi connectivity index (χ1) is 16.4. The Morgan fingerprint density at radius 3 is 2.65 bits per heavy atom. The molecule has 0 aliphatic carbocycles. The first-order valence-corrected chi connectivity index (χ1v) is 11.0. The van der Waals surface area contributed by atoms with E-state index in [-0.39, 0.29) is 17.1 Å². The fourth-order valence-electron chi connectivity index (χ4n) is 3.53. The fourth-order valence-corrected chi connectivity index (χ4v) is 4.23. The van der Waals surface area contributed by atoms with Gasteiger partial charge < -0.3 is 5.32 Å². The molecule has 2 aromatic carbocycles. The summed E-state index contributed by atoms with van der Waals surface area (Å²) in [5.41, 5.74) is 1.51. The molecule has 3 heterocycles. The van der Waals surface area contributed by atoms with Gasteiger partial charge in [-0.25, -0.2) is 9.67 Å². The van der Waals surface area contributed by atoms with Gasteiger partial charge in [0.15, 0.2) is 10.7 Å². The number of nitro groups is 1. The van der Waals surface area contributed by atoms with Crippen molar-refractivity contribution in [2.24, 2.45) is 0 Å². The first kappa shape index (κ1) is 21.2. The second kappa shape index (κ2) is 8.37. The topological polar surface area (TPSA) is 124 Å². The van der Waals surface area contributed by atoms with E-state index in [0.717, 1.165) is 16.2 Å². The van der Waals surface area contributed by atoms with Crippen molar-refractivity contribution in [3.05, 3.63) is 104 Å². The molecule has 1 N–H and O–H groups in total. The van der Waals surface area contributed by atoms with Crippen molar-refractivity contribution in [1.29, 1.82) is 0 Å². The lowest BCUT2D eigenvalue weighted by Gasteiger charge is -2.11. The van der Waals surface area contributed by atoms with Crippen molar-refractivity contribution >= 4 is 33.6 Å². The van der Waals surface area contributed by atoms with Crippen molar-refractivity contribution in [3.8, 4) is 16.9 Å². The Bertz CT molecular complexity index is 1590. The molecule has 11 heteroatoms. The molecule has 3 aromatic heterocycles. The fraction of sp³-hybridized carbons (Fsp3) is 0.0435. The summed E-state index contributed by atoms with van der Waals surface area (Å²) in [4.78, 5) is 41.7. The second-order valence-corrected chi connectivity index (χ2v) is 8.28. The summed E-state index contributed by atoms with van der Waals surface area (Å²) in [7, 11) is 0. The number of benzene rings is 2. The van der Waals surface area contributed by atoms with Gasteiger partial charge in [0, 0.05) is 46.9 Å². The summed E-state index contributed by atoms with van der Waals surface area (Å²) >= 11 is 1.54. The number of nitrogens with zero attached hydrogens (tertiary/aromatic N) is 5. The highest BCUT2D eigenvalue weighted by Crippen LogP contribution is 2.24. The first-order valence-electron chi connectivity index (χ1n) is 10.1. The molecule has 0 spiro atoms. The molecule has 10 nitrogen and oxygen atoms in total. The number of imidazole rings is 1. The van der Waals surface area contributed by atoms with E-state index < -0.39 is 16.3 Å². The molecule has 5 aromatic rings. The van der Waals surface area contributed by atoms with Crippen molar-refractivity contribution in [2.45, 2.75) is 6.92 Å². The smallest absolute Gasteiger partial charge is 0.294 e. The Morgan fingerprint density at radius 1 is 1.15 bits per heavy atom. The zero-order valence-electron chi connectivity index (χ0n) is 17.7. The highest BCUT2D eigenvalue weighted by molar-refractivity contribution is 7.15. The zero-order chi connectivity index (χ0) is 23.8. The van der Waals surface area contributed by atoms with Crippen LogP contribution in [0.5, 0.6) is 0 Å². The number of anilines is 1. The van der Waals surface area contributed by atoms with Gasteiger partial charge in [-0.2, -0.15) is 5.10 Å². The third-order valence-corrected chi connectivity index (χ3v) is 5.93. The highest BCUT2D eigenvalue weighted by Gasteiger charge is 2.20. The number of thiazole rings is 1. The molecule has 0 fully saturated rings. The van der Waals surface area contributed by atoms with Crippen molar-refractivity contribution in [3.63, 3.8) is 0 Å². The van der Waals surface area contributed by atoms with E-state index >= 15 is 0 Å². The number of para-hydroxylation sites is 2. The van der Waals surface area contributed by atoms with Crippen LogP contribution in [0.15, 0.2) is 77.2 Å². The highest BCUT2D eigenvalue weighted by atomic mass is 32.1. The number of hydrogen-bond donors (Lipinski definition) is 1. The largest absolute Gasteiger partial charge is 0.320 e. The molecule has 0 atom stereocenters. The predicted octanol–water partition coefficient (Wildman–Crippen LogP) is 4.08. The lowest BCUT2D eigenvalue weighted by atomic mass is 10.1. The van der Waals surface area contributed by atoms with Crippen LogP contribution in [0.25, 0.3) is 21.9 Å². The summed E-state index contributed by atoms with van der Waals surface area (Å²) in [5, 5.41) is 20.2. The standard InChI is InChI=1S/C23H16N6O4S/c1-14-12-20(30)21(26-28(14)18-4-2-3-5-19(18)29(32)33)22(31)24-16-8-6-15(7-9-16)17-13-27-10-11-34-23(27)25-17/h2-13H,1H3,(H,24,31). The van der Waals surface area contributed by atoms with Gasteiger partial charge >= 0.3 is 0 Å². The number of fused-ring (bicyclic) bond motifs is 1. The minimum absolute atomic E-state index is 0.156. The van der Waals surface area contributed by atoms with Gasteiger partial charge in [-0.05, 0) is 25.1 Å². The minimum atomic E-state index is -0.715. The molecule has 1 amide bonds. The zero-order valence-corrected chi connectivity index (χ0v) is 18.5. The van der Waals surface area contributed by atoms with E-state index in [0.29, 0.717) is 11.4 Å². The quantitative estimate of drug-likeness (QED) is 0.304. The molecule has 0 aliphatic rings. The number of carbonyl (C=O) groups is 1. The average Bonchev–Trinajstić information content (AvgIpc) is 3.42. The third-order valence-electron chi connectivity index (χ3n) is 5.16. The minimum Gasteiger partial charge on any atom is -0.320 e. The van der Waals surface area contributed by atoms with Crippen LogP contribution in [0.2, 0.25) is 0 Å². The van der Waals surface area contributed by atoms with E-state index in [1.807, 2.05) is 34.3 Å². The molecule has 0 unspecified atom stereocenters. The summed E-state index contributed by atoms with van der Waals surface area (Å²) in [5.74, 6) is -0.715. The van der Waals surface area contributed by atoms with E-state index in [4.69, 9.17) is 0 Å². The van der Waals surface area contributed by atoms with E-state index in [9.17, 15) is 19.7 Å². The van der Waals surface area contributed by atoms with Gasteiger partial charge in [0.1, 0.15) is 5.69 Å². The number of amides is 1. The number of nitrogens with one attached hydrogen (secondary N) is 1. The van der Waals surface area contributed by atoms with Crippen LogP contribution in [0.3, 0.4) is 0 Å². The monoisotopic (exact) mass is 472 g/mol. The lowest BCUT2D eigenvalue weighted by Crippen LogP contribution is -2.27. The number of aryl methyl sites for hydroxylation is 1.